The second kappa shape index (κ2) is 7.03. The van der Waals surface area contributed by atoms with Gasteiger partial charge in [-0.2, -0.15) is 0 Å². The van der Waals surface area contributed by atoms with Crippen LogP contribution in [0.25, 0.3) is 11.0 Å². The molecule has 1 aliphatic heterocycles. The maximum absolute atomic E-state index is 12.0. The van der Waals surface area contributed by atoms with Gasteiger partial charge in [0, 0.05) is 32.7 Å². The summed E-state index contributed by atoms with van der Waals surface area (Å²) in [6, 6.07) is 7.85. The Morgan fingerprint density at radius 3 is 2.59 bits per heavy atom. The molecule has 1 fully saturated rings. The molecule has 118 valence electrons. The fraction of sp³-hybridized carbons (Fsp3) is 0.529. The van der Waals surface area contributed by atoms with E-state index in [9.17, 15) is 4.79 Å². The van der Waals surface area contributed by atoms with E-state index in [4.69, 9.17) is 0 Å². The Kier molecular flexibility index (Phi) is 4.85. The summed E-state index contributed by atoms with van der Waals surface area (Å²) in [4.78, 5) is 21.1. The lowest BCUT2D eigenvalue weighted by atomic mass is 10.2. The standard InChI is InChI=1S/C17H24N4O/c1-19-10-12-20(13-11-19)8-4-5-9-21-16-7-3-2-6-15(16)18-14-17(21)22/h2-3,6-7,14H,4-5,8-13H2,1H3. The highest BCUT2D eigenvalue weighted by molar-refractivity contribution is 5.74. The number of fused-ring (bicyclic) bond motifs is 1. The van der Waals surface area contributed by atoms with Gasteiger partial charge in [0.15, 0.2) is 0 Å². The lowest BCUT2D eigenvalue weighted by Gasteiger charge is -2.32. The third-order valence-electron chi connectivity index (χ3n) is 4.45. The zero-order valence-electron chi connectivity index (χ0n) is 13.2. The normalized spacial score (nSPS) is 17.1. The Morgan fingerprint density at radius 1 is 1.05 bits per heavy atom. The van der Waals surface area contributed by atoms with E-state index in [1.807, 2.05) is 28.8 Å². The average Bonchev–Trinajstić information content (AvgIpc) is 2.55. The number of likely N-dealkylation sites (N-methyl/N-ethyl adjacent to an activating group) is 1. The van der Waals surface area contributed by atoms with E-state index in [0.29, 0.717) is 0 Å². The molecule has 5 nitrogen and oxygen atoms in total. The highest BCUT2D eigenvalue weighted by Gasteiger charge is 2.12. The Bertz CT molecular complexity index is 674. The lowest BCUT2D eigenvalue weighted by molar-refractivity contribution is 0.151. The number of para-hydroxylation sites is 2. The van der Waals surface area contributed by atoms with Crippen LogP contribution in [0.15, 0.2) is 35.3 Å². The minimum atomic E-state index is -0.00158. The van der Waals surface area contributed by atoms with Crippen LogP contribution < -0.4 is 5.56 Å². The van der Waals surface area contributed by atoms with Crippen molar-refractivity contribution < 1.29 is 0 Å². The first kappa shape index (κ1) is 15.2. The van der Waals surface area contributed by atoms with Gasteiger partial charge in [-0.15, -0.1) is 0 Å². The maximum atomic E-state index is 12.0. The fourth-order valence-corrected chi connectivity index (χ4v) is 3.02. The maximum Gasteiger partial charge on any atom is 0.269 e. The van der Waals surface area contributed by atoms with Crippen molar-refractivity contribution in [3.63, 3.8) is 0 Å². The molecule has 0 amide bonds. The smallest absolute Gasteiger partial charge is 0.269 e. The number of aryl methyl sites for hydroxylation is 1. The summed E-state index contributed by atoms with van der Waals surface area (Å²) < 4.78 is 1.85. The Labute approximate surface area is 131 Å². The molecule has 0 bridgehead atoms. The molecule has 0 saturated carbocycles. The number of hydrogen-bond donors (Lipinski definition) is 0. The molecule has 1 aliphatic rings. The van der Waals surface area contributed by atoms with Crippen molar-refractivity contribution in [3.8, 4) is 0 Å². The van der Waals surface area contributed by atoms with Crippen molar-refractivity contribution in [3.05, 3.63) is 40.8 Å². The van der Waals surface area contributed by atoms with Gasteiger partial charge >= 0.3 is 0 Å². The summed E-state index contributed by atoms with van der Waals surface area (Å²) in [5, 5.41) is 0. The number of rotatable bonds is 5. The summed E-state index contributed by atoms with van der Waals surface area (Å²) in [5.41, 5.74) is 1.83. The van der Waals surface area contributed by atoms with Crippen LogP contribution in [0.3, 0.4) is 0 Å². The molecule has 2 heterocycles. The monoisotopic (exact) mass is 300 g/mol. The summed E-state index contributed by atoms with van der Waals surface area (Å²) in [7, 11) is 2.18. The van der Waals surface area contributed by atoms with Gasteiger partial charge in [0.05, 0.1) is 17.2 Å². The third-order valence-corrected chi connectivity index (χ3v) is 4.45. The molecule has 1 saturated heterocycles. The molecule has 0 atom stereocenters. The molecule has 0 radical (unpaired) electrons. The third kappa shape index (κ3) is 3.54. The van der Waals surface area contributed by atoms with Crippen LogP contribution in [-0.2, 0) is 6.54 Å². The summed E-state index contributed by atoms with van der Waals surface area (Å²) >= 11 is 0. The van der Waals surface area contributed by atoms with Crippen molar-refractivity contribution in [2.24, 2.45) is 0 Å². The number of nitrogens with zero attached hydrogens (tertiary/aromatic N) is 4. The van der Waals surface area contributed by atoms with Crippen LogP contribution in [0.4, 0.5) is 0 Å². The second-order valence-corrected chi connectivity index (χ2v) is 6.09. The van der Waals surface area contributed by atoms with Gasteiger partial charge in [0.1, 0.15) is 0 Å². The predicted molar refractivity (Wildman–Crippen MR) is 89.2 cm³/mol. The van der Waals surface area contributed by atoms with Crippen LogP contribution in [0, 0.1) is 0 Å². The van der Waals surface area contributed by atoms with Gasteiger partial charge < -0.3 is 14.4 Å². The number of aromatic nitrogens is 2. The summed E-state index contributed by atoms with van der Waals surface area (Å²) in [6.45, 7) is 6.55. The van der Waals surface area contributed by atoms with Crippen LogP contribution >= 0.6 is 0 Å². The molecule has 0 unspecified atom stereocenters. The second-order valence-electron chi connectivity index (χ2n) is 6.09. The molecule has 3 rings (SSSR count). The van der Waals surface area contributed by atoms with E-state index >= 15 is 0 Å². The summed E-state index contributed by atoms with van der Waals surface area (Å²) in [6.07, 6.45) is 3.59. The van der Waals surface area contributed by atoms with E-state index in [2.05, 4.69) is 21.8 Å². The van der Waals surface area contributed by atoms with Gasteiger partial charge in [0.2, 0.25) is 0 Å². The van der Waals surface area contributed by atoms with Crippen LogP contribution in [-0.4, -0.2) is 59.1 Å². The predicted octanol–water partition coefficient (Wildman–Crippen LogP) is 1.42. The van der Waals surface area contributed by atoms with Crippen LogP contribution in [0.2, 0.25) is 0 Å². The van der Waals surface area contributed by atoms with Crippen molar-refractivity contribution in [1.29, 1.82) is 0 Å². The number of unbranched alkanes of at least 4 members (excludes halogenated alkanes) is 1. The Balaban J connectivity index is 1.56. The highest BCUT2D eigenvalue weighted by Crippen LogP contribution is 2.09. The van der Waals surface area contributed by atoms with Gasteiger partial charge in [-0.25, -0.2) is 4.98 Å². The van der Waals surface area contributed by atoms with Crippen LogP contribution in [0.5, 0.6) is 0 Å². The zero-order valence-corrected chi connectivity index (χ0v) is 13.2. The largest absolute Gasteiger partial charge is 0.305 e. The fourth-order valence-electron chi connectivity index (χ4n) is 3.02. The molecule has 1 aromatic carbocycles. The quantitative estimate of drug-likeness (QED) is 0.783. The van der Waals surface area contributed by atoms with Gasteiger partial charge in [0.25, 0.3) is 5.56 Å². The minimum Gasteiger partial charge on any atom is -0.305 e. The van der Waals surface area contributed by atoms with Crippen molar-refractivity contribution in [2.45, 2.75) is 19.4 Å². The molecule has 0 spiro atoms. The first-order chi connectivity index (χ1) is 10.7. The molecule has 22 heavy (non-hydrogen) atoms. The molecule has 2 aromatic rings. The number of piperazine rings is 1. The van der Waals surface area contributed by atoms with Crippen molar-refractivity contribution in [1.82, 2.24) is 19.4 Å². The van der Waals surface area contributed by atoms with Crippen LogP contribution in [0.1, 0.15) is 12.8 Å². The van der Waals surface area contributed by atoms with E-state index in [1.54, 1.807) is 0 Å². The van der Waals surface area contributed by atoms with Gasteiger partial charge in [-0.3, -0.25) is 4.79 Å². The van der Waals surface area contributed by atoms with Gasteiger partial charge in [-0.1, -0.05) is 12.1 Å². The number of hydrogen-bond acceptors (Lipinski definition) is 4. The Morgan fingerprint density at radius 2 is 1.77 bits per heavy atom. The van der Waals surface area contributed by atoms with E-state index in [0.717, 1.165) is 63.1 Å². The highest BCUT2D eigenvalue weighted by atomic mass is 16.1. The molecule has 1 aromatic heterocycles. The lowest BCUT2D eigenvalue weighted by Crippen LogP contribution is -2.44. The molecular weight excluding hydrogens is 276 g/mol. The molecular formula is C17H24N4O. The molecule has 5 heteroatoms. The zero-order chi connectivity index (χ0) is 15.4. The average molecular weight is 300 g/mol. The minimum absolute atomic E-state index is 0.00158. The van der Waals surface area contributed by atoms with E-state index in [1.165, 1.54) is 6.20 Å². The van der Waals surface area contributed by atoms with E-state index < -0.39 is 0 Å². The van der Waals surface area contributed by atoms with Gasteiger partial charge in [-0.05, 0) is 38.6 Å². The Hall–Kier alpha value is -1.72. The van der Waals surface area contributed by atoms with Crippen molar-refractivity contribution in [2.75, 3.05) is 39.8 Å². The molecule has 0 N–H and O–H groups in total. The molecule has 0 aliphatic carbocycles. The SMILES string of the molecule is CN1CCN(CCCCn2c(=O)cnc3ccccc32)CC1. The summed E-state index contributed by atoms with van der Waals surface area (Å²) in [5.74, 6) is 0. The first-order valence-electron chi connectivity index (χ1n) is 8.09. The topological polar surface area (TPSA) is 41.4 Å². The first-order valence-corrected chi connectivity index (χ1v) is 8.09. The van der Waals surface area contributed by atoms with Crippen molar-refractivity contribution >= 4 is 11.0 Å². The number of benzene rings is 1. The van der Waals surface area contributed by atoms with E-state index in [-0.39, 0.29) is 5.56 Å².